The molecular formula is C11H12O3. The van der Waals surface area contributed by atoms with Crippen LogP contribution in [-0.4, -0.2) is 18.9 Å². The molecule has 0 amide bonds. The van der Waals surface area contributed by atoms with E-state index >= 15 is 0 Å². The number of hydrogen-bond donors (Lipinski definition) is 0. The van der Waals surface area contributed by atoms with Crippen molar-refractivity contribution in [1.29, 1.82) is 0 Å². The highest BCUT2D eigenvalue weighted by molar-refractivity contribution is 6.05. The van der Waals surface area contributed by atoms with Gasteiger partial charge in [0.05, 0.1) is 12.7 Å². The van der Waals surface area contributed by atoms with E-state index in [4.69, 9.17) is 0 Å². The third-order valence-corrected chi connectivity index (χ3v) is 1.96. The van der Waals surface area contributed by atoms with Crippen molar-refractivity contribution in [1.82, 2.24) is 0 Å². The van der Waals surface area contributed by atoms with Crippen LogP contribution in [0.5, 0.6) is 0 Å². The Bertz CT molecular complexity index is 380. The molecule has 1 rings (SSSR count). The van der Waals surface area contributed by atoms with E-state index in [0.717, 1.165) is 5.56 Å². The first kappa shape index (κ1) is 10.4. The van der Waals surface area contributed by atoms with Gasteiger partial charge in [0.25, 0.3) is 0 Å². The lowest BCUT2D eigenvalue weighted by Crippen LogP contribution is -2.08. The van der Waals surface area contributed by atoms with Gasteiger partial charge in [-0.15, -0.1) is 0 Å². The number of aryl methyl sites for hydroxylation is 1. The molecule has 0 unspecified atom stereocenters. The number of ketones is 1. The zero-order valence-corrected chi connectivity index (χ0v) is 8.46. The molecule has 3 heteroatoms. The zero-order valence-electron chi connectivity index (χ0n) is 8.46. The normalized spacial score (nSPS) is 9.64. The van der Waals surface area contributed by atoms with Gasteiger partial charge in [0.15, 0.2) is 5.78 Å². The van der Waals surface area contributed by atoms with Crippen molar-refractivity contribution in [2.24, 2.45) is 0 Å². The molecule has 0 saturated heterocycles. The maximum atomic E-state index is 11.3. The van der Waals surface area contributed by atoms with E-state index in [2.05, 4.69) is 4.74 Å². The Kier molecular flexibility index (Phi) is 3.02. The SMILES string of the molecule is COC(=O)c1cc(C)ccc1C(C)=O. The fourth-order valence-corrected chi connectivity index (χ4v) is 1.24. The van der Waals surface area contributed by atoms with Gasteiger partial charge in [0, 0.05) is 5.56 Å². The fourth-order valence-electron chi connectivity index (χ4n) is 1.24. The van der Waals surface area contributed by atoms with Crippen molar-refractivity contribution in [2.75, 3.05) is 7.11 Å². The first-order valence-corrected chi connectivity index (χ1v) is 4.26. The highest BCUT2D eigenvalue weighted by Crippen LogP contribution is 2.13. The molecule has 0 N–H and O–H groups in total. The van der Waals surface area contributed by atoms with Crippen LogP contribution in [-0.2, 0) is 4.74 Å². The van der Waals surface area contributed by atoms with Crippen LogP contribution in [0, 0.1) is 6.92 Å². The lowest BCUT2D eigenvalue weighted by Gasteiger charge is -2.05. The van der Waals surface area contributed by atoms with Crippen LogP contribution in [0.4, 0.5) is 0 Å². The van der Waals surface area contributed by atoms with Gasteiger partial charge in [0.1, 0.15) is 0 Å². The average molecular weight is 192 g/mol. The smallest absolute Gasteiger partial charge is 0.338 e. The number of benzene rings is 1. The molecule has 0 aromatic heterocycles. The summed E-state index contributed by atoms with van der Waals surface area (Å²) in [5, 5.41) is 0. The molecule has 14 heavy (non-hydrogen) atoms. The van der Waals surface area contributed by atoms with Gasteiger partial charge in [-0.05, 0) is 19.9 Å². The van der Waals surface area contributed by atoms with Gasteiger partial charge in [-0.1, -0.05) is 17.7 Å². The summed E-state index contributed by atoms with van der Waals surface area (Å²) >= 11 is 0. The number of esters is 1. The molecule has 0 radical (unpaired) electrons. The molecule has 0 aliphatic carbocycles. The number of rotatable bonds is 2. The van der Waals surface area contributed by atoms with Gasteiger partial charge in [0.2, 0.25) is 0 Å². The van der Waals surface area contributed by atoms with Crippen LogP contribution in [0.15, 0.2) is 18.2 Å². The maximum absolute atomic E-state index is 11.3. The van der Waals surface area contributed by atoms with Crippen LogP contribution >= 0.6 is 0 Å². The third kappa shape index (κ3) is 1.99. The maximum Gasteiger partial charge on any atom is 0.338 e. The van der Waals surface area contributed by atoms with Crippen molar-refractivity contribution < 1.29 is 14.3 Å². The average Bonchev–Trinajstić information content (AvgIpc) is 2.16. The van der Waals surface area contributed by atoms with E-state index in [1.165, 1.54) is 14.0 Å². The fraction of sp³-hybridized carbons (Fsp3) is 0.273. The summed E-state index contributed by atoms with van der Waals surface area (Å²) < 4.78 is 4.59. The van der Waals surface area contributed by atoms with E-state index < -0.39 is 5.97 Å². The predicted molar refractivity (Wildman–Crippen MR) is 52.5 cm³/mol. The minimum atomic E-state index is -0.473. The summed E-state index contributed by atoms with van der Waals surface area (Å²) in [4.78, 5) is 22.5. The van der Waals surface area contributed by atoms with Crippen molar-refractivity contribution in [2.45, 2.75) is 13.8 Å². The molecular weight excluding hydrogens is 180 g/mol. The predicted octanol–water partition coefficient (Wildman–Crippen LogP) is 1.98. The minimum Gasteiger partial charge on any atom is -0.465 e. The van der Waals surface area contributed by atoms with Crippen molar-refractivity contribution in [3.63, 3.8) is 0 Å². The summed E-state index contributed by atoms with van der Waals surface area (Å²) in [6.07, 6.45) is 0. The molecule has 3 nitrogen and oxygen atoms in total. The first-order valence-electron chi connectivity index (χ1n) is 4.26. The zero-order chi connectivity index (χ0) is 10.7. The summed E-state index contributed by atoms with van der Waals surface area (Å²) in [5.74, 6) is -0.607. The summed E-state index contributed by atoms with van der Waals surface area (Å²) in [6.45, 7) is 3.29. The molecule has 0 heterocycles. The number of Topliss-reactive ketones (excluding diaryl/α,β-unsaturated/α-hetero) is 1. The Morgan fingerprint density at radius 1 is 1.21 bits per heavy atom. The van der Waals surface area contributed by atoms with Crippen molar-refractivity contribution in [3.05, 3.63) is 34.9 Å². The summed E-state index contributed by atoms with van der Waals surface area (Å²) in [7, 11) is 1.30. The van der Waals surface area contributed by atoms with Crippen molar-refractivity contribution >= 4 is 11.8 Å². The number of hydrogen-bond acceptors (Lipinski definition) is 3. The van der Waals surface area contributed by atoms with Gasteiger partial charge in [-0.25, -0.2) is 4.79 Å². The second kappa shape index (κ2) is 4.05. The quantitative estimate of drug-likeness (QED) is 0.531. The highest BCUT2D eigenvalue weighted by atomic mass is 16.5. The van der Waals surface area contributed by atoms with E-state index in [0.29, 0.717) is 11.1 Å². The van der Waals surface area contributed by atoms with Gasteiger partial charge >= 0.3 is 5.97 Å². The van der Waals surface area contributed by atoms with E-state index in [1.807, 2.05) is 6.92 Å². The molecule has 0 spiro atoms. The molecule has 0 fully saturated rings. The number of methoxy groups -OCH3 is 1. The molecule has 0 atom stereocenters. The van der Waals surface area contributed by atoms with Gasteiger partial charge < -0.3 is 4.74 Å². The Labute approximate surface area is 82.7 Å². The Hall–Kier alpha value is -1.64. The molecule has 0 aliphatic heterocycles. The van der Waals surface area contributed by atoms with E-state index in [-0.39, 0.29) is 5.78 Å². The van der Waals surface area contributed by atoms with Gasteiger partial charge in [-0.2, -0.15) is 0 Å². The lowest BCUT2D eigenvalue weighted by molar-refractivity contribution is 0.0597. The molecule has 1 aromatic rings. The van der Waals surface area contributed by atoms with Crippen LogP contribution in [0.25, 0.3) is 0 Å². The Morgan fingerprint density at radius 2 is 1.86 bits per heavy atom. The minimum absolute atomic E-state index is 0.134. The molecule has 0 bridgehead atoms. The lowest BCUT2D eigenvalue weighted by atomic mass is 10.0. The van der Waals surface area contributed by atoms with Crippen LogP contribution in [0.1, 0.15) is 33.2 Å². The van der Waals surface area contributed by atoms with Crippen LogP contribution < -0.4 is 0 Å². The largest absolute Gasteiger partial charge is 0.465 e. The number of carbonyl (C=O) groups excluding carboxylic acids is 2. The van der Waals surface area contributed by atoms with E-state index in [1.54, 1.807) is 18.2 Å². The summed E-state index contributed by atoms with van der Waals surface area (Å²) in [5.41, 5.74) is 1.66. The molecule has 0 saturated carbocycles. The third-order valence-electron chi connectivity index (χ3n) is 1.96. The monoisotopic (exact) mass is 192 g/mol. The first-order chi connectivity index (χ1) is 6.56. The highest BCUT2D eigenvalue weighted by Gasteiger charge is 2.14. The van der Waals surface area contributed by atoms with Crippen molar-refractivity contribution in [3.8, 4) is 0 Å². The second-order valence-corrected chi connectivity index (χ2v) is 3.10. The Morgan fingerprint density at radius 3 is 2.36 bits per heavy atom. The number of ether oxygens (including phenoxy) is 1. The summed E-state index contributed by atoms with van der Waals surface area (Å²) in [6, 6.07) is 5.09. The van der Waals surface area contributed by atoms with Crippen LogP contribution in [0.3, 0.4) is 0 Å². The van der Waals surface area contributed by atoms with E-state index in [9.17, 15) is 9.59 Å². The topological polar surface area (TPSA) is 43.4 Å². The molecule has 1 aromatic carbocycles. The Balaban J connectivity index is 3.29. The van der Waals surface area contributed by atoms with Gasteiger partial charge in [-0.3, -0.25) is 4.79 Å². The standard InChI is InChI=1S/C11H12O3/c1-7-4-5-9(8(2)12)10(6-7)11(13)14-3/h4-6H,1-3H3. The number of carbonyl (C=O) groups is 2. The molecule has 0 aliphatic rings. The van der Waals surface area contributed by atoms with Crippen LogP contribution in [0.2, 0.25) is 0 Å². The second-order valence-electron chi connectivity index (χ2n) is 3.10. The molecule has 74 valence electrons.